The number of ether oxygens (including phenoxy) is 1. The van der Waals surface area contributed by atoms with E-state index in [0.717, 1.165) is 17.7 Å². The summed E-state index contributed by atoms with van der Waals surface area (Å²) in [5, 5.41) is 11.5. The molecule has 22 heavy (non-hydrogen) atoms. The summed E-state index contributed by atoms with van der Waals surface area (Å²) >= 11 is 6.13. The van der Waals surface area contributed by atoms with Gasteiger partial charge in [0.05, 0.1) is 11.4 Å². The van der Waals surface area contributed by atoms with Crippen molar-refractivity contribution in [3.63, 3.8) is 0 Å². The topological polar surface area (TPSA) is 69.0 Å². The second-order valence-electron chi connectivity index (χ2n) is 4.97. The van der Waals surface area contributed by atoms with E-state index in [9.17, 15) is 4.79 Å². The minimum Gasteiger partial charge on any atom is -0.385 e. The van der Waals surface area contributed by atoms with Gasteiger partial charge in [0.25, 0.3) is 5.91 Å². The van der Waals surface area contributed by atoms with E-state index in [1.807, 2.05) is 19.1 Å². The minimum absolute atomic E-state index is 0.238. The number of aromatic nitrogens is 3. The molecule has 0 fully saturated rings. The summed E-state index contributed by atoms with van der Waals surface area (Å²) in [6.07, 6.45) is 0.753. The second kappa shape index (κ2) is 7.38. The van der Waals surface area contributed by atoms with Crippen LogP contribution in [0.4, 0.5) is 0 Å². The summed E-state index contributed by atoms with van der Waals surface area (Å²) < 4.78 is 6.55. The Hall–Kier alpha value is -1.92. The molecule has 0 saturated heterocycles. The van der Waals surface area contributed by atoms with E-state index in [-0.39, 0.29) is 5.91 Å². The minimum atomic E-state index is -0.238. The van der Waals surface area contributed by atoms with Gasteiger partial charge in [-0.3, -0.25) is 4.79 Å². The monoisotopic (exact) mass is 322 g/mol. The maximum Gasteiger partial charge on any atom is 0.273 e. The Balaban J connectivity index is 2.15. The number of carbonyl (C=O) groups excluding carboxylic acids is 1. The van der Waals surface area contributed by atoms with Gasteiger partial charge in [-0.2, -0.15) is 0 Å². The van der Waals surface area contributed by atoms with E-state index in [1.165, 1.54) is 0 Å². The van der Waals surface area contributed by atoms with E-state index in [1.54, 1.807) is 24.8 Å². The Labute approximate surface area is 134 Å². The van der Waals surface area contributed by atoms with Crippen LogP contribution >= 0.6 is 11.6 Å². The third-order valence-corrected chi connectivity index (χ3v) is 3.73. The van der Waals surface area contributed by atoms with Gasteiger partial charge in [-0.25, -0.2) is 4.68 Å². The summed E-state index contributed by atoms with van der Waals surface area (Å²) in [7, 11) is 1.63. The number of methoxy groups -OCH3 is 1. The van der Waals surface area contributed by atoms with Gasteiger partial charge in [0.1, 0.15) is 0 Å². The molecular weight excluding hydrogens is 304 g/mol. The number of nitrogens with zero attached hydrogens (tertiary/aromatic N) is 3. The van der Waals surface area contributed by atoms with E-state index in [2.05, 4.69) is 15.6 Å². The van der Waals surface area contributed by atoms with E-state index in [4.69, 9.17) is 16.3 Å². The van der Waals surface area contributed by atoms with Crippen molar-refractivity contribution in [2.24, 2.45) is 0 Å². The Morgan fingerprint density at radius 1 is 1.41 bits per heavy atom. The molecule has 1 amide bonds. The number of amides is 1. The zero-order valence-corrected chi connectivity index (χ0v) is 13.6. The van der Waals surface area contributed by atoms with Crippen LogP contribution in [0.2, 0.25) is 5.02 Å². The fourth-order valence-electron chi connectivity index (χ4n) is 2.00. The normalized spacial score (nSPS) is 10.7. The molecule has 2 aromatic rings. The van der Waals surface area contributed by atoms with Crippen molar-refractivity contribution >= 4 is 17.5 Å². The van der Waals surface area contributed by atoms with Gasteiger partial charge in [0, 0.05) is 25.3 Å². The smallest absolute Gasteiger partial charge is 0.273 e. The molecule has 1 heterocycles. The van der Waals surface area contributed by atoms with Gasteiger partial charge in [0.15, 0.2) is 5.69 Å². The fourth-order valence-corrected chi connectivity index (χ4v) is 2.17. The van der Waals surface area contributed by atoms with Gasteiger partial charge in [-0.15, -0.1) is 5.10 Å². The van der Waals surface area contributed by atoms with E-state index < -0.39 is 0 Å². The predicted octanol–water partition coefficient (Wildman–Crippen LogP) is 2.30. The molecule has 0 bridgehead atoms. The second-order valence-corrected chi connectivity index (χ2v) is 5.38. The SMILES string of the molecule is COCCCNC(=O)c1nnn(-c2ccc(C)c(Cl)c2)c1C. The van der Waals surface area contributed by atoms with Crippen LogP contribution in [0.25, 0.3) is 5.69 Å². The molecule has 2 rings (SSSR count). The summed E-state index contributed by atoms with van der Waals surface area (Å²) in [6, 6.07) is 5.60. The molecule has 1 N–H and O–H groups in total. The van der Waals surface area contributed by atoms with Crippen LogP contribution in [0.5, 0.6) is 0 Å². The molecular formula is C15H19ClN4O2. The van der Waals surface area contributed by atoms with Crippen LogP contribution in [-0.4, -0.2) is 41.2 Å². The first-order valence-electron chi connectivity index (χ1n) is 7.00. The van der Waals surface area contributed by atoms with Crippen molar-refractivity contribution in [2.45, 2.75) is 20.3 Å². The van der Waals surface area contributed by atoms with Gasteiger partial charge in [0.2, 0.25) is 0 Å². The number of rotatable bonds is 6. The number of carbonyl (C=O) groups is 1. The van der Waals surface area contributed by atoms with Crippen molar-refractivity contribution in [2.75, 3.05) is 20.3 Å². The number of aryl methyl sites for hydroxylation is 1. The average Bonchev–Trinajstić information content (AvgIpc) is 2.88. The third-order valence-electron chi connectivity index (χ3n) is 3.32. The lowest BCUT2D eigenvalue weighted by atomic mass is 10.2. The zero-order chi connectivity index (χ0) is 16.1. The zero-order valence-electron chi connectivity index (χ0n) is 12.9. The Morgan fingerprint density at radius 3 is 2.86 bits per heavy atom. The number of hydrogen-bond acceptors (Lipinski definition) is 4. The Kier molecular flexibility index (Phi) is 5.51. The lowest BCUT2D eigenvalue weighted by molar-refractivity contribution is 0.0943. The molecule has 1 aromatic carbocycles. The molecule has 7 heteroatoms. The third kappa shape index (κ3) is 3.64. The maximum absolute atomic E-state index is 12.1. The van der Waals surface area contributed by atoms with Crippen LogP contribution in [-0.2, 0) is 4.74 Å². The van der Waals surface area contributed by atoms with E-state index >= 15 is 0 Å². The first kappa shape index (κ1) is 16.5. The van der Waals surface area contributed by atoms with Crippen molar-refractivity contribution < 1.29 is 9.53 Å². The Morgan fingerprint density at radius 2 is 2.18 bits per heavy atom. The van der Waals surface area contributed by atoms with Crippen molar-refractivity contribution in [3.8, 4) is 5.69 Å². The van der Waals surface area contributed by atoms with Gasteiger partial charge in [-0.05, 0) is 38.0 Å². The highest BCUT2D eigenvalue weighted by atomic mass is 35.5. The molecule has 0 radical (unpaired) electrons. The summed E-state index contributed by atoms with van der Waals surface area (Å²) in [4.78, 5) is 12.1. The summed E-state index contributed by atoms with van der Waals surface area (Å²) in [5.74, 6) is -0.238. The molecule has 0 saturated carbocycles. The number of halogens is 1. The largest absolute Gasteiger partial charge is 0.385 e. The molecule has 6 nitrogen and oxygen atoms in total. The predicted molar refractivity (Wildman–Crippen MR) is 84.7 cm³/mol. The van der Waals surface area contributed by atoms with Crippen LogP contribution in [0.1, 0.15) is 28.2 Å². The highest BCUT2D eigenvalue weighted by Gasteiger charge is 2.17. The molecule has 0 unspecified atom stereocenters. The standard InChI is InChI=1S/C15H19ClN4O2/c1-10-5-6-12(9-13(10)16)20-11(2)14(18-19-20)15(21)17-7-4-8-22-3/h5-6,9H,4,7-8H2,1-3H3,(H,17,21). The lowest BCUT2D eigenvalue weighted by Gasteiger charge is -2.06. The van der Waals surface area contributed by atoms with Crippen molar-refractivity contribution in [1.29, 1.82) is 0 Å². The number of benzene rings is 1. The number of hydrogen-bond donors (Lipinski definition) is 1. The average molecular weight is 323 g/mol. The molecule has 118 valence electrons. The van der Waals surface area contributed by atoms with Gasteiger partial charge >= 0.3 is 0 Å². The highest BCUT2D eigenvalue weighted by Crippen LogP contribution is 2.20. The molecule has 1 aromatic heterocycles. The van der Waals surface area contributed by atoms with Crippen LogP contribution in [0.15, 0.2) is 18.2 Å². The maximum atomic E-state index is 12.1. The first-order valence-corrected chi connectivity index (χ1v) is 7.38. The number of nitrogens with one attached hydrogen (secondary N) is 1. The fraction of sp³-hybridized carbons (Fsp3) is 0.400. The molecule has 0 aliphatic heterocycles. The Bertz CT molecular complexity index is 670. The molecule has 0 spiro atoms. The molecule has 0 atom stereocenters. The highest BCUT2D eigenvalue weighted by molar-refractivity contribution is 6.31. The van der Waals surface area contributed by atoms with Crippen molar-refractivity contribution in [1.82, 2.24) is 20.3 Å². The van der Waals surface area contributed by atoms with Gasteiger partial charge < -0.3 is 10.1 Å². The first-order chi connectivity index (χ1) is 10.5. The van der Waals surface area contributed by atoms with E-state index in [0.29, 0.717) is 29.6 Å². The molecule has 0 aliphatic rings. The quantitative estimate of drug-likeness (QED) is 0.829. The van der Waals surface area contributed by atoms with Gasteiger partial charge in [-0.1, -0.05) is 22.9 Å². The lowest BCUT2D eigenvalue weighted by Crippen LogP contribution is -2.26. The van der Waals surface area contributed by atoms with Crippen LogP contribution in [0, 0.1) is 13.8 Å². The van der Waals surface area contributed by atoms with Crippen LogP contribution < -0.4 is 5.32 Å². The van der Waals surface area contributed by atoms with Crippen molar-refractivity contribution in [3.05, 3.63) is 40.2 Å². The molecule has 0 aliphatic carbocycles. The summed E-state index contributed by atoms with van der Waals surface area (Å²) in [6.45, 7) is 4.88. The summed E-state index contributed by atoms with van der Waals surface area (Å²) in [5.41, 5.74) is 2.75. The van der Waals surface area contributed by atoms with Crippen LogP contribution in [0.3, 0.4) is 0 Å².